The van der Waals surface area contributed by atoms with Crippen LogP contribution < -0.4 is 0 Å². The standard InChI is InChI=1S/C14H23N3O/c1-11(2)14(18)13-8-15-17(10-13)9-12-4-6-16(3)7-5-12/h8,10-12H,4-7,9H2,1-3H3. The fraction of sp³-hybridized carbons (Fsp3) is 0.714. The predicted octanol–water partition coefficient (Wildman–Crippen LogP) is 2.06. The van der Waals surface area contributed by atoms with Crippen molar-refractivity contribution in [1.29, 1.82) is 0 Å². The molecule has 0 amide bonds. The van der Waals surface area contributed by atoms with E-state index in [4.69, 9.17) is 0 Å². The number of nitrogens with zero attached hydrogens (tertiary/aromatic N) is 3. The van der Waals surface area contributed by atoms with Crippen molar-refractivity contribution in [2.75, 3.05) is 20.1 Å². The summed E-state index contributed by atoms with van der Waals surface area (Å²) in [7, 11) is 2.17. The molecular weight excluding hydrogens is 226 g/mol. The van der Waals surface area contributed by atoms with E-state index in [1.165, 1.54) is 25.9 Å². The Bertz CT molecular complexity index is 403. The molecule has 4 heteroatoms. The van der Waals surface area contributed by atoms with E-state index in [9.17, 15) is 4.79 Å². The van der Waals surface area contributed by atoms with Crippen LogP contribution in [-0.4, -0.2) is 40.6 Å². The molecule has 18 heavy (non-hydrogen) atoms. The van der Waals surface area contributed by atoms with E-state index >= 15 is 0 Å². The molecule has 1 aliphatic rings. The summed E-state index contributed by atoms with van der Waals surface area (Å²) in [6, 6.07) is 0. The number of carbonyl (C=O) groups is 1. The molecular formula is C14H23N3O. The summed E-state index contributed by atoms with van der Waals surface area (Å²) in [5, 5.41) is 4.32. The topological polar surface area (TPSA) is 38.1 Å². The van der Waals surface area contributed by atoms with Crippen LogP contribution in [0.3, 0.4) is 0 Å². The van der Waals surface area contributed by atoms with Crippen molar-refractivity contribution in [1.82, 2.24) is 14.7 Å². The van der Waals surface area contributed by atoms with Gasteiger partial charge in [0, 0.05) is 18.7 Å². The van der Waals surface area contributed by atoms with E-state index in [-0.39, 0.29) is 11.7 Å². The molecule has 100 valence electrons. The van der Waals surface area contributed by atoms with Gasteiger partial charge in [0.25, 0.3) is 0 Å². The molecule has 0 N–H and O–H groups in total. The van der Waals surface area contributed by atoms with E-state index in [1.807, 2.05) is 24.7 Å². The maximum absolute atomic E-state index is 11.8. The second kappa shape index (κ2) is 5.65. The minimum atomic E-state index is 0.0472. The molecule has 1 fully saturated rings. The molecule has 1 aliphatic heterocycles. The molecule has 2 rings (SSSR count). The first kappa shape index (κ1) is 13.3. The summed E-state index contributed by atoms with van der Waals surface area (Å²) in [6.07, 6.45) is 6.06. The molecule has 0 aromatic carbocycles. The lowest BCUT2D eigenvalue weighted by Gasteiger charge is -2.28. The van der Waals surface area contributed by atoms with Crippen molar-refractivity contribution in [3.05, 3.63) is 18.0 Å². The van der Waals surface area contributed by atoms with Crippen molar-refractivity contribution in [3.8, 4) is 0 Å². The van der Waals surface area contributed by atoms with Gasteiger partial charge in [0.1, 0.15) is 0 Å². The molecule has 0 radical (unpaired) electrons. The Morgan fingerprint density at radius 2 is 2.11 bits per heavy atom. The van der Waals surface area contributed by atoms with Crippen molar-refractivity contribution < 1.29 is 4.79 Å². The molecule has 1 aromatic rings. The van der Waals surface area contributed by atoms with Gasteiger partial charge in [-0.2, -0.15) is 5.10 Å². The number of carbonyl (C=O) groups excluding carboxylic acids is 1. The molecule has 2 heterocycles. The van der Waals surface area contributed by atoms with Gasteiger partial charge in [-0.1, -0.05) is 13.8 Å². The first-order valence-electron chi connectivity index (χ1n) is 6.81. The van der Waals surface area contributed by atoms with Gasteiger partial charge in [0.2, 0.25) is 0 Å². The van der Waals surface area contributed by atoms with Crippen molar-refractivity contribution >= 4 is 5.78 Å². The number of hydrogen-bond donors (Lipinski definition) is 0. The summed E-state index contributed by atoms with van der Waals surface area (Å²) in [5.74, 6) is 0.929. The highest BCUT2D eigenvalue weighted by atomic mass is 16.1. The lowest BCUT2D eigenvalue weighted by molar-refractivity contribution is 0.0939. The minimum Gasteiger partial charge on any atom is -0.306 e. The van der Waals surface area contributed by atoms with Crippen molar-refractivity contribution in [2.24, 2.45) is 11.8 Å². The van der Waals surface area contributed by atoms with Gasteiger partial charge >= 0.3 is 0 Å². The Hall–Kier alpha value is -1.16. The molecule has 0 atom stereocenters. The molecule has 1 aromatic heterocycles. The normalized spacial score (nSPS) is 18.4. The Balaban J connectivity index is 1.92. The molecule has 1 saturated heterocycles. The maximum Gasteiger partial charge on any atom is 0.168 e. The van der Waals surface area contributed by atoms with Gasteiger partial charge in [-0.05, 0) is 38.9 Å². The Labute approximate surface area is 109 Å². The summed E-state index contributed by atoms with van der Waals surface area (Å²) >= 11 is 0. The Morgan fingerprint density at radius 1 is 1.44 bits per heavy atom. The highest BCUT2D eigenvalue weighted by Gasteiger charge is 2.18. The quantitative estimate of drug-likeness (QED) is 0.767. The highest BCUT2D eigenvalue weighted by molar-refractivity contribution is 5.96. The predicted molar refractivity (Wildman–Crippen MR) is 71.6 cm³/mol. The third kappa shape index (κ3) is 3.19. The van der Waals surface area contributed by atoms with Gasteiger partial charge in [-0.3, -0.25) is 9.48 Å². The lowest BCUT2D eigenvalue weighted by atomic mass is 9.97. The van der Waals surface area contributed by atoms with Gasteiger partial charge in [0.05, 0.1) is 11.8 Å². The van der Waals surface area contributed by atoms with Crippen LogP contribution in [0.4, 0.5) is 0 Å². The van der Waals surface area contributed by atoms with Crippen molar-refractivity contribution in [3.63, 3.8) is 0 Å². The molecule has 0 spiro atoms. The smallest absolute Gasteiger partial charge is 0.168 e. The van der Waals surface area contributed by atoms with E-state index < -0.39 is 0 Å². The van der Waals surface area contributed by atoms with Crippen LogP contribution in [0.25, 0.3) is 0 Å². The fourth-order valence-electron chi connectivity index (χ4n) is 2.43. The van der Waals surface area contributed by atoms with E-state index in [2.05, 4.69) is 17.0 Å². The first-order chi connectivity index (χ1) is 8.56. The zero-order chi connectivity index (χ0) is 13.1. The van der Waals surface area contributed by atoms with Crippen LogP contribution in [0.2, 0.25) is 0 Å². The Kier molecular flexibility index (Phi) is 4.17. The average molecular weight is 249 g/mol. The van der Waals surface area contributed by atoms with Crippen LogP contribution in [0, 0.1) is 11.8 Å². The van der Waals surface area contributed by atoms with Crippen LogP contribution >= 0.6 is 0 Å². The number of hydrogen-bond acceptors (Lipinski definition) is 3. The summed E-state index contributed by atoms with van der Waals surface area (Å²) in [6.45, 7) is 7.14. The summed E-state index contributed by atoms with van der Waals surface area (Å²) < 4.78 is 1.94. The molecule has 0 bridgehead atoms. The maximum atomic E-state index is 11.8. The lowest BCUT2D eigenvalue weighted by Crippen LogP contribution is -2.31. The van der Waals surface area contributed by atoms with Gasteiger partial charge in [0.15, 0.2) is 5.78 Å². The molecule has 0 unspecified atom stereocenters. The van der Waals surface area contributed by atoms with Crippen LogP contribution in [0.15, 0.2) is 12.4 Å². The summed E-state index contributed by atoms with van der Waals surface area (Å²) in [5.41, 5.74) is 0.748. The van der Waals surface area contributed by atoms with Crippen LogP contribution in [-0.2, 0) is 6.54 Å². The molecule has 0 saturated carbocycles. The average Bonchev–Trinajstić information content (AvgIpc) is 2.79. The second-order valence-corrected chi connectivity index (χ2v) is 5.72. The SMILES string of the molecule is CC(C)C(=O)c1cnn(CC2CCN(C)CC2)c1. The van der Waals surface area contributed by atoms with Gasteiger partial charge in [-0.15, -0.1) is 0 Å². The number of piperidine rings is 1. The zero-order valence-corrected chi connectivity index (χ0v) is 11.6. The second-order valence-electron chi connectivity index (χ2n) is 5.72. The number of aromatic nitrogens is 2. The monoisotopic (exact) mass is 249 g/mol. The number of likely N-dealkylation sites (tertiary alicyclic amines) is 1. The zero-order valence-electron chi connectivity index (χ0n) is 11.6. The Morgan fingerprint density at radius 3 is 2.72 bits per heavy atom. The first-order valence-corrected chi connectivity index (χ1v) is 6.81. The van der Waals surface area contributed by atoms with E-state index in [0.29, 0.717) is 5.92 Å². The minimum absolute atomic E-state index is 0.0472. The highest BCUT2D eigenvalue weighted by Crippen LogP contribution is 2.18. The van der Waals surface area contributed by atoms with Gasteiger partial charge in [-0.25, -0.2) is 0 Å². The largest absolute Gasteiger partial charge is 0.306 e. The number of Topliss-reactive ketones (excluding diaryl/α,β-unsaturated/α-hetero) is 1. The van der Waals surface area contributed by atoms with Crippen LogP contribution in [0.1, 0.15) is 37.0 Å². The number of rotatable bonds is 4. The third-order valence-electron chi connectivity index (χ3n) is 3.73. The molecule has 4 nitrogen and oxygen atoms in total. The molecule has 0 aliphatic carbocycles. The fourth-order valence-corrected chi connectivity index (χ4v) is 2.43. The number of ketones is 1. The third-order valence-corrected chi connectivity index (χ3v) is 3.73. The van der Waals surface area contributed by atoms with E-state index in [0.717, 1.165) is 12.1 Å². The summed E-state index contributed by atoms with van der Waals surface area (Å²) in [4.78, 5) is 14.2. The van der Waals surface area contributed by atoms with Crippen molar-refractivity contribution in [2.45, 2.75) is 33.2 Å². The van der Waals surface area contributed by atoms with Crippen LogP contribution in [0.5, 0.6) is 0 Å². The van der Waals surface area contributed by atoms with Gasteiger partial charge < -0.3 is 4.90 Å². The van der Waals surface area contributed by atoms with E-state index in [1.54, 1.807) is 6.20 Å².